The lowest BCUT2D eigenvalue weighted by Crippen LogP contribution is -3.00. The molecule has 1 aromatic rings. The Labute approximate surface area is 160 Å². The van der Waals surface area contributed by atoms with Gasteiger partial charge in [-0.1, -0.05) is 64.4 Å². The molecule has 1 N–H and O–H groups in total. The molecular formula is C21H38BrNO. The van der Waals surface area contributed by atoms with Gasteiger partial charge in [-0.25, -0.2) is 4.57 Å². The van der Waals surface area contributed by atoms with Crippen molar-refractivity contribution >= 4 is 0 Å². The summed E-state index contributed by atoms with van der Waals surface area (Å²) >= 11 is 0. The molecule has 0 saturated carbocycles. The van der Waals surface area contributed by atoms with Crippen molar-refractivity contribution in [1.82, 2.24) is 0 Å². The first-order valence-electron chi connectivity index (χ1n) is 9.96. The van der Waals surface area contributed by atoms with Crippen LogP contribution in [0.15, 0.2) is 24.4 Å². The fourth-order valence-electron chi connectivity index (χ4n) is 3.14. The summed E-state index contributed by atoms with van der Waals surface area (Å²) in [5.41, 5.74) is 1.51. The molecule has 0 spiro atoms. The largest absolute Gasteiger partial charge is 1.00 e. The molecule has 140 valence electrons. The molecule has 2 nitrogen and oxygen atoms in total. The van der Waals surface area contributed by atoms with Crippen LogP contribution in [0.1, 0.15) is 89.7 Å². The molecule has 0 fully saturated rings. The molecule has 0 atom stereocenters. The Bertz CT molecular complexity index is 384. The highest BCUT2D eigenvalue weighted by molar-refractivity contribution is 4.97. The minimum atomic E-state index is 0. The van der Waals surface area contributed by atoms with Crippen LogP contribution in [0, 0.1) is 0 Å². The summed E-state index contributed by atoms with van der Waals surface area (Å²) in [6, 6.07) is 6.64. The molecule has 1 rings (SSSR count). The molecule has 1 aromatic heterocycles. The van der Waals surface area contributed by atoms with Gasteiger partial charge >= 0.3 is 0 Å². The number of rotatable bonds is 15. The number of aryl methyl sites for hydroxylation is 2. The third kappa shape index (κ3) is 12.0. The smallest absolute Gasteiger partial charge is 0.181 e. The maximum absolute atomic E-state index is 8.75. The maximum atomic E-state index is 8.75. The SMILES string of the molecule is CCCCCCc1cccc[n+]1CCCCCCCCCCO.[Br-]. The Morgan fingerprint density at radius 2 is 1.42 bits per heavy atom. The highest BCUT2D eigenvalue weighted by Gasteiger charge is 2.08. The van der Waals surface area contributed by atoms with Crippen molar-refractivity contribution in [1.29, 1.82) is 0 Å². The topological polar surface area (TPSA) is 24.1 Å². The van der Waals surface area contributed by atoms with Crippen molar-refractivity contribution in [3.63, 3.8) is 0 Å². The number of unbranched alkanes of at least 4 members (excludes halogenated alkanes) is 10. The molecule has 0 radical (unpaired) electrons. The van der Waals surface area contributed by atoms with E-state index in [0.717, 1.165) is 6.42 Å². The summed E-state index contributed by atoms with van der Waals surface area (Å²) < 4.78 is 2.47. The van der Waals surface area contributed by atoms with Crippen LogP contribution in [0.25, 0.3) is 0 Å². The van der Waals surface area contributed by atoms with E-state index in [4.69, 9.17) is 5.11 Å². The van der Waals surface area contributed by atoms with Crippen LogP contribution < -0.4 is 21.5 Å². The summed E-state index contributed by atoms with van der Waals surface area (Å²) in [6.07, 6.45) is 19.0. The predicted molar refractivity (Wildman–Crippen MR) is 98.5 cm³/mol. The van der Waals surface area contributed by atoms with Gasteiger partial charge in [0, 0.05) is 31.6 Å². The lowest BCUT2D eigenvalue weighted by molar-refractivity contribution is -0.704. The van der Waals surface area contributed by atoms with Crippen LogP contribution in [0.3, 0.4) is 0 Å². The van der Waals surface area contributed by atoms with Crippen molar-refractivity contribution in [2.75, 3.05) is 6.61 Å². The summed E-state index contributed by atoms with van der Waals surface area (Å²) in [7, 11) is 0. The van der Waals surface area contributed by atoms with Gasteiger partial charge in [0.15, 0.2) is 11.9 Å². The van der Waals surface area contributed by atoms with Crippen molar-refractivity contribution in [3.05, 3.63) is 30.1 Å². The molecule has 3 heteroatoms. The molecular weight excluding hydrogens is 362 g/mol. The monoisotopic (exact) mass is 399 g/mol. The van der Waals surface area contributed by atoms with Crippen molar-refractivity contribution < 1.29 is 26.7 Å². The molecule has 0 amide bonds. The van der Waals surface area contributed by atoms with E-state index in [-0.39, 0.29) is 17.0 Å². The number of aromatic nitrogens is 1. The van der Waals surface area contributed by atoms with Crippen molar-refractivity contribution in [2.24, 2.45) is 0 Å². The number of hydrogen-bond acceptors (Lipinski definition) is 1. The van der Waals surface area contributed by atoms with Crippen LogP contribution in [-0.2, 0) is 13.0 Å². The van der Waals surface area contributed by atoms with Gasteiger partial charge in [0.25, 0.3) is 0 Å². The lowest BCUT2D eigenvalue weighted by Gasteiger charge is -2.04. The standard InChI is InChI=1S/C21H38NO.BrH/c1-2-3-4-11-16-21-17-12-14-19-22(21)18-13-9-7-5-6-8-10-15-20-23;/h12,14,17,19,23H,2-11,13,15-16,18,20H2,1H3;1H/q+1;/p-1. The summed E-state index contributed by atoms with van der Waals surface area (Å²) in [5, 5.41) is 8.75. The van der Waals surface area contributed by atoms with Crippen molar-refractivity contribution in [3.8, 4) is 0 Å². The zero-order valence-electron chi connectivity index (χ0n) is 15.7. The Hall–Kier alpha value is -0.410. The van der Waals surface area contributed by atoms with Gasteiger partial charge in [-0.15, -0.1) is 0 Å². The number of nitrogens with zero attached hydrogens (tertiary/aromatic N) is 1. The number of hydrogen-bond donors (Lipinski definition) is 1. The fraction of sp³-hybridized carbons (Fsp3) is 0.762. The molecule has 1 heterocycles. The quantitative estimate of drug-likeness (QED) is 0.354. The van der Waals surface area contributed by atoms with E-state index >= 15 is 0 Å². The first-order chi connectivity index (χ1) is 11.4. The second-order valence-corrected chi connectivity index (χ2v) is 6.75. The average Bonchev–Trinajstić information content (AvgIpc) is 2.58. The van der Waals surface area contributed by atoms with E-state index in [1.807, 2.05) is 0 Å². The van der Waals surface area contributed by atoms with E-state index in [0.29, 0.717) is 6.61 Å². The van der Waals surface area contributed by atoms with E-state index < -0.39 is 0 Å². The highest BCUT2D eigenvalue weighted by Crippen LogP contribution is 2.09. The molecule has 24 heavy (non-hydrogen) atoms. The number of halogens is 1. The van der Waals surface area contributed by atoms with Gasteiger partial charge < -0.3 is 22.1 Å². The molecule has 0 aliphatic rings. The summed E-state index contributed by atoms with van der Waals surface area (Å²) in [6.45, 7) is 3.80. The molecule has 0 aromatic carbocycles. The van der Waals surface area contributed by atoms with Crippen LogP contribution in [0.2, 0.25) is 0 Å². The van der Waals surface area contributed by atoms with Gasteiger partial charge in [-0.2, -0.15) is 0 Å². The van der Waals surface area contributed by atoms with E-state index in [1.54, 1.807) is 0 Å². The normalized spacial score (nSPS) is 10.6. The zero-order chi connectivity index (χ0) is 16.6. The fourth-order valence-corrected chi connectivity index (χ4v) is 3.14. The Balaban J connectivity index is 0.00000529. The second kappa shape index (κ2) is 17.4. The van der Waals surface area contributed by atoms with E-state index in [1.165, 1.54) is 89.3 Å². The Morgan fingerprint density at radius 1 is 0.792 bits per heavy atom. The third-order valence-electron chi connectivity index (χ3n) is 4.63. The Morgan fingerprint density at radius 3 is 2.08 bits per heavy atom. The Kier molecular flexibility index (Phi) is 17.1. The van der Waals surface area contributed by atoms with Crippen LogP contribution in [0.4, 0.5) is 0 Å². The zero-order valence-corrected chi connectivity index (χ0v) is 17.3. The van der Waals surface area contributed by atoms with Gasteiger partial charge in [-0.05, 0) is 19.3 Å². The third-order valence-corrected chi connectivity index (χ3v) is 4.63. The number of pyridine rings is 1. The van der Waals surface area contributed by atoms with Gasteiger partial charge in [0.2, 0.25) is 0 Å². The first kappa shape index (κ1) is 23.6. The van der Waals surface area contributed by atoms with Crippen LogP contribution in [0.5, 0.6) is 0 Å². The van der Waals surface area contributed by atoms with Gasteiger partial charge in [0.05, 0.1) is 0 Å². The van der Waals surface area contributed by atoms with Crippen LogP contribution in [-0.4, -0.2) is 11.7 Å². The summed E-state index contributed by atoms with van der Waals surface area (Å²) in [5.74, 6) is 0. The van der Waals surface area contributed by atoms with Crippen molar-refractivity contribution in [2.45, 2.75) is 96.9 Å². The predicted octanol–water partition coefficient (Wildman–Crippen LogP) is 2.21. The maximum Gasteiger partial charge on any atom is 0.181 e. The van der Waals surface area contributed by atoms with Gasteiger partial charge in [-0.3, -0.25) is 0 Å². The minimum absolute atomic E-state index is 0. The van der Waals surface area contributed by atoms with Crippen LogP contribution >= 0.6 is 0 Å². The molecule has 0 saturated heterocycles. The minimum Gasteiger partial charge on any atom is -1.00 e. The molecule has 0 unspecified atom stereocenters. The average molecular weight is 400 g/mol. The molecule has 0 aliphatic carbocycles. The number of aliphatic hydroxyl groups is 1. The van der Waals surface area contributed by atoms with Gasteiger partial charge in [0.1, 0.15) is 6.54 Å². The lowest BCUT2D eigenvalue weighted by atomic mass is 10.1. The second-order valence-electron chi connectivity index (χ2n) is 6.75. The molecule has 0 aliphatic heterocycles. The van der Waals surface area contributed by atoms with E-state index in [2.05, 4.69) is 35.9 Å². The van der Waals surface area contributed by atoms with E-state index in [9.17, 15) is 0 Å². The number of aliphatic hydroxyl groups excluding tert-OH is 1. The first-order valence-corrected chi connectivity index (χ1v) is 9.96. The summed E-state index contributed by atoms with van der Waals surface area (Å²) in [4.78, 5) is 0. The highest BCUT2D eigenvalue weighted by atomic mass is 79.9. The molecule has 0 bridgehead atoms.